The van der Waals surface area contributed by atoms with Gasteiger partial charge in [-0.15, -0.1) is 0 Å². The summed E-state index contributed by atoms with van der Waals surface area (Å²) in [4.78, 5) is 27.7. The van der Waals surface area contributed by atoms with Crippen LogP contribution in [0.15, 0.2) is 48.0 Å². The van der Waals surface area contributed by atoms with Gasteiger partial charge in [0.1, 0.15) is 11.5 Å². The average Bonchev–Trinajstić information content (AvgIpc) is 3.11. The third kappa shape index (κ3) is 5.02. The summed E-state index contributed by atoms with van der Waals surface area (Å²) in [7, 11) is 4.58. The number of aliphatic hydroxyl groups excluding tert-OH is 1. The molecule has 0 bridgehead atoms. The van der Waals surface area contributed by atoms with Crippen LogP contribution in [0.4, 0.5) is 0 Å². The van der Waals surface area contributed by atoms with Crippen molar-refractivity contribution in [2.75, 3.05) is 41.1 Å². The molecule has 8 heteroatoms. The van der Waals surface area contributed by atoms with Crippen molar-refractivity contribution in [3.63, 3.8) is 0 Å². The average molecular weight is 470 g/mol. The van der Waals surface area contributed by atoms with Crippen LogP contribution in [0, 0.1) is 0 Å². The molecule has 3 rings (SSSR count). The number of nitrogens with zero attached hydrogens (tertiary/aromatic N) is 1. The van der Waals surface area contributed by atoms with E-state index in [1.807, 2.05) is 6.92 Å². The van der Waals surface area contributed by atoms with Gasteiger partial charge in [0.15, 0.2) is 11.5 Å². The summed E-state index contributed by atoms with van der Waals surface area (Å²) in [5.41, 5.74) is 0.949. The second-order valence-electron chi connectivity index (χ2n) is 7.79. The Morgan fingerprint density at radius 3 is 2.35 bits per heavy atom. The molecule has 1 amide bonds. The maximum absolute atomic E-state index is 13.2. The second-order valence-corrected chi connectivity index (χ2v) is 7.79. The lowest BCUT2D eigenvalue weighted by Gasteiger charge is -2.27. The number of ketones is 1. The topological polar surface area (TPSA) is 94.5 Å². The molecule has 0 radical (unpaired) electrons. The van der Waals surface area contributed by atoms with E-state index in [1.165, 1.54) is 19.1 Å². The van der Waals surface area contributed by atoms with Crippen LogP contribution in [0.1, 0.15) is 36.9 Å². The Labute approximate surface area is 199 Å². The number of Topliss-reactive ketones (excluding diaryl/α,β-unsaturated/α-hetero) is 1. The van der Waals surface area contributed by atoms with E-state index in [-0.39, 0.29) is 17.9 Å². The number of carbonyl (C=O) groups excluding carboxylic acids is 2. The summed E-state index contributed by atoms with van der Waals surface area (Å²) in [5, 5.41) is 11.2. The molecule has 0 saturated carbocycles. The third-order valence-electron chi connectivity index (χ3n) is 5.62. The number of amides is 1. The summed E-state index contributed by atoms with van der Waals surface area (Å²) >= 11 is 0. The SMILES string of the molecule is CCCOc1ccc(/C(O)=C2\C(=O)C(=O)N(CCCOC)C2c2cccc(OC)c2OC)cc1. The zero-order chi connectivity index (χ0) is 24.7. The highest BCUT2D eigenvalue weighted by Crippen LogP contribution is 2.45. The van der Waals surface area contributed by atoms with Crippen molar-refractivity contribution in [3.05, 3.63) is 59.2 Å². The van der Waals surface area contributed by atoms with E-state index in [0.717, 1.165) is 6.42 Å². The molecular formula is C26H31NO7. The summed E-state index contributed by atoms with van der Waals surface area (Å²) in [6, 6.07) is 11.2. The van der Waals surface area contributed by atoms with Crippen molar-refractivity contribution >= 4 is 17.4 Å². The maximum Gasteiger partial charge on any atom is 0.295 e. The van der Waals surface area contributed by atoms with Gasteiger partial charge in [0.25, 0.3) is 11.7 Å². The minimum atomic E-state index is -0.849. The number of hydrogen-bond acceptors (Lipinski definition) is 7. The van der Waals surface area contributed by atoms with Crippen LogP contribution in [-0.2, 0) is 14.3 Å². The first-order valence-electron chi connectivity index (χ1n) is 11.2. The van der Waals surface area contributed by atoms with Gasteiger partial charge in [0, 0.05) is 31.4 Å². The smallest absolute Gasteiger partial charge is 0.295 e. The monoisotopic (exact) mass is 469 g/mol. The largest absolute Gasteiger partial charge is 0.507 e. The van der Waals surface area contributed by atoms with Crippen molar-refractivity contribution in [1.29, 1.82) is 0 Å². The predicted octanol–water partition coefficient (Wildman–Crippen LogP) is 3.95. The number of likely N-dealkylation sites (tertiary alicyclic amines) is 1. The second kappa shape index (κ2) is 11.6. The van der Waals surface area contributed by atoms with Crippen LogP contribution in [0.25, 0.3) is 5.76 Å². The van der Waals surface area contributed by atoms with Gasteiger partial charge in [-0.05, 0) is 43.2 Å². The van der Waals surface area contributed by atoms with Gasteiger partial charge in [-0.2, -0.15) is 0 Å². The Morgan fingerprint density at radius 2 is 1.74 bits per heavy atom. The Bertz CT molecular complexity index is 1050. The van der Waals surface area contributed by atoms with Crippen molar-refractivity contribution in [3.8, 4) is 17.2 Å². The molecular weight excluding hydrogens is 438 g/mol. The number of para-hydroxylation sites is 1. The highest BCUT2D eigenvalue weighted by atomic mass is 16.5. The van der Waals surface area contributed by atoms with Crippen LogP contribution in [0.3, 0.4) is 0 Å². The van der Waals surface area contributed by atoms with E-state index in [4.69, 9.17) is 18.9 Å². The van der Waals surface area contributed by atoms with Gasteiger partial charge in [0.05, 0.1) is 32.4 Å². The first kappa shape index (κ1) is 25.1. The third-order valence-corrected chi connectivity index (χ3v) is 5.62. The lowest BCUT2D eigenvalue weighted by Crippen LogP contribution is -2.31. The molecule has 182 valence electrons. The molecule has 1 fully saturated rings. The van der Waals surface area contributed by atoms with Crippen molar-refractivity contribution in [2.24, 2.45) is 0 Å². The summed E-state index contributed by atoms with van der Waals surface area (Å²) < 4.78 is 21.7. The Balaban J connectivity index is 2.13. The van der Waals surface area contributed by atoms with E-state index < -0.39 is 17.7 Å². The molecule has 2 aromatic rings. The first-order valence-corrected chi connectivity index (χ1v) is 11.2. The van der Waals surface area contributed by atoms with Crippen molar-refractivity contribution in [1.82, 2.24) is 4.90 Å². The van der Waals surface area contributed by atoms with Gasteiger partial charge >= 0.3 is 0 Å². The van der Waals surface area contributed by atoms with E-state index in [9.17, 15) is 14.7 Å². The first-order chi connectivity index (χ1) is 16.5. The fourth-order valence-corrected chi connectivity index (χ4v) is 4.02. The molecule has 0 aliphatic carbocycles. The van der Waals surface area contributed by atoms with E-state index in [2.05, 4.69) is 0 Å². The van der Waals surface area contributed by atoms with Gasteiger partial charge < -0.3 is 29.0 Å². The maximum atomic E-state index is 13.2. The zero-order valence-corrected chi connectivity index (χ0v) is 20.0. The Morgan fingerprint density at radius 1 is 1.00 bits per heavy atom. The molecule has 1 heterocycles. The van der Waals surface area contributed by atoms with Crippen LogP contribution in [-0.4, -0.2) is 62.8 Å². The standard InChI is InChI=1S/C26H31NO7/c1-5-15-34-18-12-10-17(11-13-18)23(28)21-22(19-8-6-9-20(32-3)25(19)33-4)27(14-7-16-31-2)26(30)24(21)29/h6,8-13,22,28H,5,7,14-16H2,1-4H3/b23-21+. The van der Waals surface area contributed by atoms with Gasteiger partial charge in [-0.25, -0.2) is 0 Å². The van der Waals surface area contributed by atoms with Gasteiger partial charge in [0.2, 0.25) is 0 Å². The predicted molar refractivity (Wildman–Crippen MR) is 127 cm³/mol. The van der Waals surface area contributed by atoms with Crippen molar-refractivity contribution in [2.45, 2.75) is 25.8 Å². The van der Waals surface area contributed by atoms with Crippen molar-refractivity contribution < 1.29 is 33.6 Å². The molecule has 0 aromatic heterocycles. The minimum absolute atomic E-state index is 0.00352. The number of hydrogen-bond donors (Lipinski definition) is 1. The lowest BCUT2D eigenvalue weighted by atomic mass is 9.94. The lowest BCUT2D eigenvalue weighted by molar-refractivity contribution is -0.140. The molecule has 2 aromatic carbocycles. The molecule has 1 N–H and O–H groups in total. The molecule has 1 unspecified atom stereocenters. The number of aliphatic hydroxyl groups is 1. The normalized spacial score (nSPS) is 17.2. The highest BCUT2D eigenvalue weighted by molar-refractivity contribution is 6.46. The van der Waals surface area contributed by atoms with Crippen LogP contribution in [0.2, 0.25) is 0 Å². The minimum Gasteiger partial charge on any atom is -0.507 e. The summed E-state index contributed by atoms with van der Waals surface area (Å²) in [5.74, 6) is -0.191. The van der Waals surface area contributed by atoms with E-state index >= 15 is 0 Å². The summed E-state index contributed by atoms with van der Waals surface area (Å²) in [6.07, 6.45) is 1.40. The number of ether oxygens (including phenoxy) is 4. The molecule has 1 aliphatic heterocycles. The van der Waals surface area contributed by atoms with Crippen LogP contribution >= 0.6 is 0 Å². The summed E-state index contributed by atoms with van der Waals surface area (Å²) in [6.45, 7) is 3.28. The number of rotatable bonds is 11. The molecule has 1 saturated heterocycles. The fraction of sp³-hybridized carbons (Fsp3) is 0.385. The van der Waals surface area contributed by atoms with Crippen LogP contribution < -0.4 is 14.2 Å². The van der Waals surface area contributed by atoms with Crippen LogP contribution in [0.5, 0.6) is 17.2 Å². The fourth-order valence-electron chi connectivity index (χ4n) is 4.02. The van der Waals surface area contributed by atoms with E-state index in [0.29, 0.717) is 48.0 Å². The molecule has 34 heavy (non-hydrogen) atoms. The quantitative estimate of drug-likeness (QED) is 0.230. The molecule has 8 nitrogen and oxygen atoms in total. The number of carbonyl (C=O) groups is 2. The molecule has 1 atom stereocenters. The molecule has 1 aliphatic rings. The number of benzene rings is 2. The molecule has 0 spiro atoms. The Hall–Kier alpha value is -3.52. The Kier molecular flexibility index (Phi) is 8.54. The number of methoxy groups -OCH3 is 3. The van der Waals surface area contributed by atoms with E-state index in [1.54, 1.807) is 49.6 Å². The zero-order valence-electron chi connectivity index (χ0n) is 20.0. The highest BCUT2D eigenvalue weighted by Gasteiger charge is 2.47. The van der Waals surface area contributed by atoms with Gasteiger partial charge in [-0.1, -0.05) is 19.1 Å². The van der Waals surface area contributed by atoms with Gasteiger partial charge in [-0.3, -0.25) is 9.59 Å².